The molecule has 2 aromatic heterocycles. The van der Waals surface area contributed by atoms with Gasteiger partial charge in [-0.15, -0.1) is 0 Å². The zero-order chi connectivity index (χ0) is 13.9. The lowest BCUT2D eigenvalue weighted by molar-refractivity contribution is 0.247. The molecule has 0 bridgehead atoms. The number of hydrogen-bond donors (Lipinski definition) is 3. The van der Waals surface area contributed by atoms with E-state index in [1.807, 2.05) is 19.2 Å². The van der Waals surface area contributed by atoms with Crippen LogP contribution in [0, 0.1) is 6.92 Å². The number of amides is 2. The van der Waals surface area contributed by atoms with Crippen molar-refractivity contribution in [1.29, 1.82) is 0 Å². The van der Waals surface area contributed by atoms with Crippen LogP contribution in [0.3, 0.4) is 0 Å². The summed E-state index contributed by atoms with van der Waals surface area (Å²) in [5.41, 5.74) is 4.02. The number of hydrogen-bond acceptors (Lipinski definition) is 3. The molecule has 104 valence electrons. The fraction of sp³-hybridized carbons (Fsp3) is 0.357. The fourth-order valence-electron chi connectivity index (χ4n) is 2.52. The number of urea groups is 1. The average molecular weight is 271 g/mol. The number of nitrogens with one attached hydrogen (secondary N) is 3. The van der Waals surface area contributed by atoms with Crippen LogP contribution in [-0.2, 0) is 12.8 Å². The zero-order valence-electron chi connectivity index (χ0n) is 11.3. The molecule has 0 aliphatic heterocycles. The third-order valence-electron chi connectivity index (χ3n) is 3.51. The van der Waals surface area contributed by atoms with E-state index in [4.69, 9.17) is 0 Å². The molecule has 0 saturated heterocycles. The summed E-state index contributed by atoms with van der Waals surface area (Å²) in [6.07, 6.45) is 6.21. The predicted molar refractivity (Wildman–Crippen MR) is 75.5 cm³/mol. The minimum Gasteiger partial charge on any atom is -0.335 e. The summed E-state index contributed by atoms with van der Waals surface area (Å²) in [5.74, 6) is 0. The lowest BCUT2D eigenvalue weighted by Crippen LogP contribution is -2.41. The van der Waals surface area contributed by atoms with Gasteiger partial charge in [0.15, 0.2) is 0 Å². The summed E-state index contributed by atoms with van der Waals surface area (Å²) in [5, 5.41) is 12.9. The summed E-state index contributed by atoms with van der Waals surface area (Å²) in [6, 6.07) is 3.60. The number of aromatic amines is 1. The number of anilines is 1. The van der Waals surface area contributed by atoms with Crippen LogP contribution in [0.2, 0.25) is 0 Å². The molecule has 2 heterocycles. The predicted octanol–water partition coefficient (Wildman–Crippen LogP) is 1.79. The molecule has 0 aromatic carbocycles. The van der Waals surface area contributed by atoms with Gasteiger partial charge in [-0.3, -0.25) is 10.1 Å². The first-order valence-electron chi connectivity index (χ1n) is 6.72. The number of aromatic nitrogens is 3. The Balaban J connectivity index is 1.57. The number of pyridine rings is 1. The van der Waals surface area contributed by atoms with Crippen molar-refractivity contribution in [1.82, 2.24) is 20.5 Å². The molecular formula is C14H17N5O. The maximum Gasteiger partial charge on any atom is 0.319 e. The summed E-state index contributed by atoms with van der Waals surface area (Å²) < 4.78 is 0. The monoisotopic (exact) mass is 271 g/mol. The van der Waals surface area contributed by atoms with Crippen molar-refractivity contribution >= 4 is 11.7 Å². The fourth-order valence-corrected chi connectivity index (χ4v) is 2.52. The number of H-pyrrole nitrogens is 1. The Morgan fingerprint density at radius 2 is 2.40 bits per heavy atom. The van der Waals surface area contributed by atoms with Crippen molar-refractivity contribution in [3.8, 4) is 0 Å². The van der Waals surface area contributed by atoms with Gasteiger partial charge >= 0.3 is 6.03 Å². The van der Waals surface area contributed by atoms with Crippen molar-refractivity contribution in [2.45, 2.75) is 32.2 Å². The number of carbonyl (C=O) groups is 1. The first-order valence-corrected chi connectivity index (χ1v) is 6.72. The van der Waals surface area contributed by atoms with Crippen LogP contribution in [0.15, 0.2) is 24.5 Å². The van der Waals surface area contributed by atoms with E-state index in [2.05, 4.69) is 25.8 Å². The lowest BCUT2D eigenvalue weighted by atomic mass is 9.94. The Kier molecular flexibility index (Phi) is 3.37. The molecule has 0 spiro atoms. The molecular weight excluding hydrogens is 254 g/mol. The molecule has 1 aliphatic carbocycles. The van der Waals surface area contributed by atoms with Gasteiger partial charge in [-0.25, -0.2) is 4.79 Å². The SMILES string of the molecule is Cc1cc(NC(=O)NC2CCc3[nH]ncc3C2)ccn1. The number of aryl methyl sites for hydroxylation is 2. The standard InChI is InChI=1S/C14H17N5O/c1-9-6-12(4-5-15-9)18-14(20)17-11-2-3-13-10(7-11)8-16-19-13/h4-6,8,11H,2-3,7H2,1H3,(H,16,19)(H2,15,17,18,20). The highest BCUT2D eigenvalue weighted by atomic mass is 16.2. The van der Waals surface area contributed by atoms with Crippen LogP contribution in [0.25, 0.3) is 0 Å². The van der Waals surface area contributed by atoms with E-state index in [-0.39, 0.29) is 12.1 Å². The van der Waals surface area contributed by atoms with E-state index in [0.29, 0.717) is 0 Å². The lowest BCUT2D eigenvalue weighted by Gasteiger charge is -2.23. The minimum atomic E-state index is -0.174. The van der Waals surface area contributed by atoms with Gasteiger partial charge in [0.05, 0.1) is 6.20 Å². The molecule has 1 aliphatic rings. The number of fused-ring (bicyclic) bond motifs is 1. The van der Waals surface area contributed by atoms with Crippen LogP contribution in [0.1, 0.15) is 23.4 Å². The van der Waals surface area contributed by atoms with Gasteiger partial charge in [0.1, 0.15) is 0 Å². The highest BCUT2D eigenvalue weighted by Crippen LogP contribution is 2.18. The quantitative estimate of drug-likeness (QED) is 0.778. The van der Waals surface area contributed by atoms with Crippen LogP contribution in [0.5, 0.6) is 0 Å². The topological polar surface area (TPSA) is 82.7 Å². The molecule has 6 heteroatoms. The van der Waals surface area contributed by atoms with Crippen molar-refractivity contribution in [2.75, 3.05) is 5.32 Å². The van der Waals surface area contributed by atoms with Crippen molar-refractivity contribution < 1.29 is 4.79 Å². The first kappa shape index (κ1) is 12.7. The van der Waals surface area contributed by atoms with Gasteiger partial charge in [-0.05, 0) is 43.9 Å². The molecule has 1 unspecified atom stereocenters. The third-order valence-corrected chi connectivity index (χ3v) is 3.51. The van der Waals surface area contributed by atoms with Gasteiger partial charge in [-0.2, -0.15) is 5.10 Å². The summed E-state index contributed by atoms with van der Waals surface area (Å²) in [4.78, 5) is 16.1. The first-order chi connectivity index (χ1) is 9.70. The van der Waals surface area contributed by atoms with E-state index in [1.165, 1.54) is 11.3 Å². The molecule has 0 saturated carbocycles. The molecule has 3 N–H and O–H groups in total. The Morgan fingerprint density at radius 1 is 1.50 bits per heavy atom. The third kappa shape index (κ3) is 2.79. The van der Waals surface area contributed by atoms with E-state index < -0.39 is 0 Å². The normalized spacial score (nSPS) is 17.4. The maximum absolute atomic E-state index is 12.0. The minimum absolute atomic E-state index is 0.156. The largest absolute Gasteiger partial charge is 0.335 e. The van der Waals surface area contributed by atoms with Crippen LogP contribution < -0.4 is 10.6 Å². The molecule has 2 amide bonds. The van der Waals surface area contributed by atoms with Crippen LogP contribution in [-0.4, -0.2) is 27.3 Å². The van der Waals surface area contributed by atoms with E-state index >= 15 is 0 Å². The maximum atomic E-state index is 12.0. The van der Waals surface area contributed by atoms with Gasteiger partial charge in [0, 0.05) is 29.3 Å². The highest BCUT2D eigenvalue weighted by molar-refractivity contribution is 5.89. The van der Waals surface area contributed by atoms with Gasteiger partial charge in [0.2, 0.25) is 0 Å². The second kappa shape index (κ2) is 5.32. The molecule has 20 heavy (non-hydrogen) atoms. The number of rotatable bonds is 2. The van der Waals surface area contributed by atoms with Gasteiger partial charge in [-0.1, -0.05) is 0 Å². The Labute approximate surface area is 117 Å². The van der Waals surface area contributed by atoms with Crippen LogP contribution in [0.4, 0.5) is 10.5 Å². The van der Waals surface area contributed by atoms with Crippen molar-refractivity contribution in [2.24, 2.45) is 0 Å². The van der Waals surface area contributed by atoms with Crippen molar-refractivity contribution in [3.63, 3.8) is 0 Å². The molecule has 1 atom stereocenters. The Morgan fingerprint density at radius 3 is 3.25 bits per heavy atom. The average Bonchev–Trinajstić information content (AvgIpc) is 2.86. The van der Waals surface area contributed by atoms with Crippen LogP contribution >= 0.6 is 0 Å². The van der Waals surface area contributed by atoms with Gasteiger partial charge in [0.25, 0.3) is 0 Å². The molecule has 6 nitrogen and oxygen atoms in total. The molecule has 0 radical (unpaired) electrons. The summed E-state index contributed by atoms with van der Waals surface area (Å²) >= 11 is 0. The highest BCUT2D eigenvalue weighted by Gasteiger charge is 2.21. The van der Waals surface area contributed by atoms with E-state index in [0.717, 1.165) is 30.6 Å². The van der Waals surface area contributed by atoms with Crippen molar-refractivity contribution in [3.05, 3.63) is 41.5 Å². The smallest absolute Gasteiger partial charge is 0.319 e. The molecule has 0 fully saturated rings. The number of carbonyl (C=O) groups excluding carboxylic acids is 1. The van der Waals surface area contributed by atoms with Gasteiger partial charge < -0.3 is 10.6 Å². The summed E-state index contributed by atoms with van der Waals surface area (Å²) in [6.45, 7) is 1.89. The Bertz CT molecular complexity index is 622. The van der Waals surface area contributed by atoms with E-state index in [1.54, 1.807) is 12.3 Å². The second-order valence-corrected chi connectivity index (χ2v) is 5.10. The molecule has 2 aromatic rings. The zero-order valence-corrected chi connectivity index (χ0v) is 11.3. The molecule has 3 rings (SSSR count). The number of nitrogens with zero attached hydrogens (tertiary/aromatic N) is 2. The Hall–Kier alpha value is -2.37. The van der Waals surface area contributed by atoms with E-state index in [9.17, 15) is 4.79 Å². The summed E-state index contributed by atoms with van der Waals surface area (Å²) in [7, 11) is 0. The second-order valence-electron chi connectivity index (χ2n) is 5.10.